The summed E-state index contributed by atoms with van der Waals surface area (Å²) < 4.78 is 13.2. The lowest BCUT2D eigenvalue weighted by atomic mass is 10.1. The second kappa shape index (κ2) is 7.00. The maximum absolute atomic E-state index is 13.2. The fraction of sp³-hybridized carbons (Fsp3) is 0.136. The summed E-state index contributed by atoms with van der Waals surface area (Å²) in [6.45, 7) is 0. The van der Waals surface area contributed by atoms with E-state index in [-0.39, 0.29) is 11.7 Å². The average molecular weight is 346 g/mol. The average Bonchev–Trinajstić information content (AvgIpc) is 3.42. The number of carbonyl (C=O) groups is 1. The van der Waals surface area contributed by atoms with Gasteiger partial charge < -0.3 is 10.6 Å². The Balaban J connectivity index is 1.41. The van der Waals surface area contributed by atoms with Crippen molar-refractivity contribution in [3.63, 3.8) is 0 Å². The molecule has 26 heavy (non-hydrogen) atoms. The molecule has 4 heteroatoms. The van der Waals surface area contributed by atoms with Crippen molar-refractivity contribution in [2.45, 2.75) is 18.4 Å². The van der Waals surface area contributed by atoms with Crippen LogP contribution in [0.1, 0.15) is 28.3 Å². The minimum Gasteiger partial charge on any atom is -0.382 e. The van der Waals surface area contributed by atoms with Crippen LogP contribution in [0, 0.1) is 5.82 Å². The second-order valence-electron chi connectivity index (χ2n) is 6.55. The van der Waals surface area contributed by atoms with Crippen molar-refractivity contribution in [1.29, 1.82) is 0 Å². The first-order valence-electron chi connectivity index (χ1n) is 8.67. The Labute approximate surface area is 151 Å². The summed E-state index contributed by atoms with van der Waals surface area (Å²) in [6, 6.07) is 24.1. The lowest BCUT2D eigenvalue weighted by Gasteiger charge is -2.09. The van der Waals surface area contributed by atoms with E-state index in [1.807, 2.05) is 24.3 Å². The van der Waals surface area contributed by atoms with E-state index in [1.54, 1.807) is 18.2 Å². The molecule has 0 aliphatic heterocycles. The number of hydrogen-bond acceptors (Lipinski definition) is 2. The first-order chi connectivity index (χ1) is 12.7. The van der Waals surface area contributed by atoms with Gasteiger partial charge in [-0.15, -0.1) is 0 Å². The van der Waals surface area contributed by atoms with Crippen molar-refractivity contribution < 1.29 is 9.18 Å². The van der Waals surface area contributed by atoms with Crippen LogP contribution in [0.15, 0.2) is 78.9 Å². The molecule has 0 radical (unpaired) electrons. The third-order valence-corrected chi connectivity index (χ3v) is 4.58. The second-order valence-corrected chi connectivity index (χ2v) is 6.55. The first kappa shape index (κ1) is 16.3. The van der Waals surface area contributed by atoms with Crippen LogP contribution in [0.3, 0.4) is 0 Å². The largest absolute Gasteiger partial charge is 0.382 e. The molecule has 0 saturated heterocycles. The normalized spacial score (nSPS) is 18.2. The molecule has 3 aromatic carbocycles. The van der Waals surface area contributed by atoms with Crippen LogP contribution >= 0.6 is 0 Å². The number of rotatable bonds is 5. The molecule has 4 rings (SSSR count). The highest BCUT2D eigenvalue weighted by Crippen LogP contribution is 2.42. The van der Waals surface area contributed by atoms with Crippen molar-refractivity contribution in [3.05, 3.63) is 95.8 Å². The minimum absolute atomic E-state index is 0.255. The van der Waals surface area contributed by atoms with Gasteiger partial charge in [0.25, 0.3) is 5.91 Å². The molecule has 1 saturated carbocycles. The molecule has 0 spiro atoms. The van der Waals surface area contributed by atoms with Gasteiger partial charge in [0.15, 0.2) is 0 Å². The van der Waals surface area contributed by atoms with E-state index in [4.69, 9.17) is 0 Å². The molecule has 2 N–H and O–H groups in total. The Morgan fingerprint density at radius 1 is 0.885 bits per heavy atom. The number of carbonyl (C=O) groups excluding carboxylic acids is 1. The highest BCUT2D eigenvalue weighted by molar-refractivity contribution is 6.04. The van der Waals surface area contributed by atoms with Gasteiger partial charge in [0, 0.05) is 28.9 Å². The molecule has 0 bridgehead atoms. The molecule has 1 aliphatic carbocycles. The van der Waals surface area contributed by atoms with Crippen LogP contribution in [0.5, 0.6) is 0 Å². The molecule has 1 aliphatic rings. The Morgan fingerprint density at radius 3 is 2.46 bits per heavy atom. The van der Waals surface area contributed by atoms with Crippen LogP contribution in [0.2, 0.25) is 0 Å². The third-order valence-electron chi connectivity index (χ3n) is 4.58. The monoisotopic (exact) mass is 346 g/mol. The van der Waals surface area contributed by atoms with Gasteiger partial charge in [-0.3, -0.25) is 4.79 Å². The van der Waals surface area contributed by atoms with E-state index in [1.165, 1.54) is 17.7 Å². The fourth-order valence-electron chi connectivity index (χ4n) is 3.16. The summed E-state index contributed by atoms with van der Waals surface area (Å²) in [5.41, 5.74) is 3.24. The maximum atomic E-state index is 13.2. The predicted molar refractivity (Wildman–Crippen MR) is 102 cm³/mol. The van der Waals surface area contributed by atoms with Crippen molar-refractivity contribution >= 4 is 17.3 Å². The summed E-state index contributed by atoms with van der Waals surface area (Å²) in [4.78, 5) is 12.4. The van der Waals surface area contributed by atoms with E-state index in [0.29, 0.717) is 23.2 Å². The van der Waals surface area contributed by atoms with Crippen LogP contribution in [-0.2, 0) is 0 Å². The van der Waals surface area contributed by atoms with Crippen LogP contribution in [0.4, 0.5) is 15.8 Å². The predicted octanol–water partition coefficient (Wildman–Crippen LogP) is 5.05. The lowest BCUT2D eigenvalue weighted by Crippen LogP contribution is -2.13. The van der Waals surface area contributed by atoms with Crippen molar-refractivity contribution in [3.8, 4) is 0 Å². The topological polar surface area (TPSA) is 41.1 Å². The number of amides is 1. The van der Waals surface area contributed by atoms with Gasteiger partial charge in [-0.2, -0.15) is 0 Å². The lowest BCUT2D eigenvalue weighted by molar-refractivity contribution is 0.102. The summed E-state index contributed by atoms with van der Waals surface area (Å²) in [7, 11) is 0. The SMILES string of the molecule is O=C(Nc1cccc(F)c1)c1cccc(N[C@@H]2C[C@H]2c2ccccc2)c1. The van der Waals surface area contributed by atoms with E-state index < -0.39 is 0 Å². The molecule has 2 atom stereocenters. The first-order valence-corrected chi connectivity index (χ1v) is 8.67. The molecule has 1 fully saturated rings. The van der Waals surface area contributed by atoms with Gasteiger partial charge in [-0.05, 0) is 48.4 Å². The number of hydrogen-bond donors (Lipinski definition) is 2. The van der Waals surface area contributed by atoms with Gasteiger partial charge in [0.2, 0.25) is 0 Å². The smallest absolute Gasteiger partial charge is 0.255 e. The van der Waals surface area contributed by atoms with Crippen molar-refractivity contribution in [2.24, 2.45) is 0 Å². The quantitative estimate of drug-likeness (QED) is 0.679. The molecule has 0 aromatic heterocycles. The summed E-state index contributed by atoms with van der Waals surface area (Å²) in [5, 5.41) is 6.22. The zero-order valence-corrected chi connectivity index (χ0v) is 14.2. The number of benzene rings is 3. The zero-order valence-electron chi connectivity index (χ0n) is 14.2. The highest BCUT2D eigenvalue weighted by Gasteiger charge is 2.38. The molecule has 1 amide bonds. The number of nitrogens with one attached hydrogen (secondary N) is 2. The number of anilines is 2. The summed E-state index contributed by atoms with van der Waals surface area (Å²) in [5.74, 6) is -0.116. The Hall–Kier alpha value is -3.14. The molecule has 130 valence electrons. The Morgan fingerprint density at radius 2 is 1.65 bits per heavy atom. The standard InChI is InChI=1S/C22H19FN2O/c23-17-9-5-11-19(13-17)25-22(26)16-8-4-10-18(12-16)24-21-14-20(21)15-6-2-1-3-7-15/h1-13,20-21,24H,14H2,(H,25,26)/t20-,21+/m0/s1. The van der Waals surface area contributed by atoms with Crippen LogP contribution in [-0.4, -0.2) is 11.9 Å². The highest BCUT2D eigenvalue weighted by atomic mass is 19.1. The summed E-state index contributed by atoms with van der Waals surface area (Å²) >= 11 is 0. The maximum Gasteiger partial charge on any atom is 0.255 e. The van der Waals surface area contributed by atoms with E-state index in [0.717, 1.165) is 12.1 Å². The van der Waals surface area contributed by atoms with E-state index in [2.05, 4.69) is 34.9 Å². The molecular weight excluding hydrogens is 327 g/mol. The van der Waals surface area contributed by atoms with Gasteiger partial charge in [0.05, 0.1) is 0 Å². The zero-order chi connectivity index (χ0) is 17.9. The minimum atomic E-state index is -0.376. The Bertz CT molecular complexity index is 926. The van der Waals surface area contributed by atoms with Crippen LogP contribution in [0.25, 0.3) is 0 Å². The molecule has 0 heterocycles. The van der Waals surface area contributed by atoms with E-state index in [9.17, 15) is 9.18 Å². The summed E-state index contributed by atoms with van der Waals surface area (Å²) in [6.07, 6.45) is 1.09. The van der Waals surface area contributed by atoms with E-state index >= 15 is 0 Å². The van der Waals surface area contributed by atoms with Crippen molar-refractivity contribution in [1.82, 2.24) is 0 Å². The van der Waals surface area contributed by atoms with Crippen molar-refractivity contribution in [2.75, 3.05) is 10.6 Å². The molecular formula is C22H19FN2O. The molecule has 3 aromatic rings. The molecule has 3 nitrogen and oxygen atoms in total. The number of halogens is 1. The van der Waals surface area contributed by atoms with Gasteiger partial charge in [-0.1, -0.05) is 42.5 Å². The van der Waals surface area contributed by atoms with Gasteiger partial charge in [-0.25, -0.2) is 4.39 Å². The Kier molecular flexibility index (Phi) is 4.40. The fourth-order valence-corrected chi connectivity index (χ4v) is 3.16. The van der Waals surface area contributed by atoms with Gasteiger partial charge >= 0.3 is 0 Å². The molecule has 0 unspecified atom stereocenters. The third kappa shape index (κ3) is 3.75. The van der Waals surface area contributed by atoms with Crippen LogP contribution < -0.4 is 10.6 Å². The van der Waals surface area contributed by atoms with Gasteiger partial charge in [0.1, 0.15) is 5.82 Å².